The summed E-state index contributed by atoms with van der Waals surface area (Å²) >= 11 is 5.82. The van der Waals surface area contributed by atoms with E-state index in [4.69, 9.17) is 0 Å². The van der Waals surface area contributed by atoms with E-state index in [1.54, 1.807) is 0 Å². The molecule has 19 heavy (non-hydrogen) atoms. The van der Waals surface area contributed by atoms with Crippen molar-refractivity contribution in [3.63, 3.8) is 0 Å². The molecule has 0 aliphatic carbocycles. The third kappa shape index (κ3) is 2.74. The zero-order chi connectivity index (χ0) is 14.2. The summed E-state index contributed by atoms with van der Waals surface area (Å²) < 4.78 is 40.7. The summed E-state index contributed by atoms with van der Waals surface area (Å²) in [5.41, 5.74) is -0.852. The largest absolute Gasteiger partial charge is 0.288 e. The first-order valence-electron chi connectivity index (χ1n) is 5.05. The van der Waals surface area contributed by atoms with E-state index in [0.29, 0.717) is 0 Å². The molecule has 0 aliphatic heterocycles. The van der Waals surface area contributed by atoms with Crippen LogP contribution in [0.3, 0.4) is 0 Å². The van der Waals surface area contributed by atoms with Crippen LogP contribution < -0.4 is 0 Å². The van der Waals surface area contributed by atoms with Crippen LogP contribution in [-0.2, 0) is 0 Å². The molecule has 0 aromatic heterocycles. The van der Waals surface area contributed by atoms with Crippen molar-refractivity contribution < 1.29 is 18.0 Å². The molecule has 0 spiro atoms. The van der Waals surface area contributed by atoms with Gasteiger partial charge in [0.25, 0.3) is 0 Å². The molecule has 6 heteroatoms. The highest BCUT2D eigenvalue weighted by Gasteiger charge is 2.21. The van der Waals surface area contributed by atoms with Crippen molar-refractivity contribution in [3.05, 3.63) is 67.9 Å². The van der Waals surface area contributed by atoms with Crippen LogP contribution in [0.5, 0.6) is 0 Å². The van der Waals surface area contributed by atoms with Gasteiger partial charge in [-0.2, -0.15) is 0 Å². The molecule has 2 rings (SSSR count). The van der Waals surface area contributed by atoms with Gasteiger partial charge in [-0.3, -0.25) is 4.79 Å². The first kappa shape index (κ1) is 14.3. The van der Waals surface area contributed by atoms with Gasteiger partial charge in [0.1, 0.15) is 17.5 Å². The van der Waals surface area contributed by atoms with E-state index >= 15 is 0 Å². The fraction of sp³-hybridized carbons (Fsp3) is 0. The minimum atomic E-state index is -0.923. The zero-order valence-corrected chi connectivity index (χ0v) is 12.4. The van der Waals surface area contributed by atoms with Crippen LogP contribution in [0, 0.1) is 17.5 Å². The van der Waals surface area contributed by atoms with Gasteiger partial charge in [-0.05, 0) is 56.1 Å². The molecule has 0 fully saturated rings. The molecule has 98 valence electrons. The summed E-state index contributed by atoms with van der Waals surface area (Å²) in [4.78, 5) is 12.1. The van der Waals surface area contributed by atoms with E-state index in [9.17, 15) is 18.0 Å². The fourth-order valence-electron chi connectivity index (χ4n) is 1.55. The molecular formula is C13H5Br2F3O. The van der Waals surface area contributed by atoms with Gasteiger partial charge in [0.15, 0.2) is 5.78 Å². The maximum atomic E-state index is 13.7. The molecule has 0 saturated carbocycles. The molecule has 0 bridgehead atoms. The maximum Gasteiger partial charge on any atom is 0.200 e. The van der Waals surface area contributed by atoms with Gasteiger partial charge < -0.3 is 0 Å². The lowest BCUT2D eigenvalue weighted by atomic mass is 10.0. The number of hydrogen-bond donors (Lipinski definition) is 0. The molecule has 0 radical (unpaired) electrons. The Labute approximate surface area is 123 Å². The summed E-state index contributed by atoms with van der Waals surface area (Å²) in [6, 6.07) is 5.49. The normalized spacial score (nSPS) is 10.6. The zero-order valence-electron chi connectivity index (χ0n) is 9.18. The van der Waals surface area contributed by atoms with Crippen LogP contribution in [0.15, 0.2) is 39.3 Å². The van der Waals surface area contributed by atoms with Crippen LogP contribution in [0.25, 0.3) is 0 Å². The fourth-order valence-corrected chi connectivity index (χ4v) is 2.38. The van der Waals surface area contributed by atoms with Crippen molar-refractivity contribution in [2.75, 3.05) is 0 Å². The molecule has 0 atom stereocenters. The van der Waals surface area contributed by atoms with Crippen LogP contribution in [0.4, 0.5) is 13.2 Å². The quantitative estimate of drug-likeness (QED) is 0.526. The molecular weight excluding hydrogens is 389 g/mol. The van der Waals surface area contributed by atoms with Crippen molar-refractivity contribution >= 4 is 37.6 Å². The van der Waals surface area contributed by atoms with E-state index < -0.39 is 28.8 Å². The highest BCUT2D eigenvalue weighted by atomic mass is 79.9. The number of carbonyl (C=O) groups excluding carboxylic acids is 1. The average molecular weight is 394 g/mol. The topological polar surface area (TPSA) is 17.1 Å². The van der Waals surface area contributed by atoms with Crippen molar-refractivity contribution in [2.24, 2.45) is 0 Å². The van der Waals surface area contributed by atoms with Gasteiger partial charge in [-0.1, -0.05) is 6.07 Å². The molecule has 1 nitrogen and oxygen atoms in total. The van der Waals surface area contributed by atoms with Gasteiger partial charge in [0.05, 0.1) is 15.6 Å². The third-order valence-corrected chi connectivity index (χ3v) is 3.71. The molecule has 2 aromatic rings. The van der Waals surface area contributed by atoms with E-state index in [-0.39, 0.29) is 14.5 Å². The van der Waals surface area contributed by atoms with Crippen LogP contribution in [-0.4, -0.2) is 5.78 Å². The lowest BCUT2D eigenvalue weighted by Gasteiger charge is -2.07. The van der Waals surface area contributed by atoms with E-state index in [0.717, 1.165) is 18.2 Å². The number of rotatable bonds is 2. The predicted molar refractivity (Wildman–Crippen MR) is 71.6 cm³/mol. The standard InChI is InChI=1S/C13H5Br2F3O/c14-7-2-1-3-9(16)12(7)13(19)6-4-11(18)8(15)5-10(6)17/h1-5H. The second kappa shape index (κ2) is 5.46. The Bertz CT molecular complexity index is 651. The lowest BCUT2D eigenvalue weighted by molar-refractivity contribution is 0.103. The van der Waals surface area contributed by atoms with Crippen LogP contribution >= 0.6 is 31.9 Å². The van der Waals surface area contributed by atoms with Crippen molar-refractivity contribution in [2.45, 2.75) is 0 Å². The highest BCUT2D eigenvalue weighted by molar-refractivity contribution is 9.10. The van der Waals surface area contributed by atoms with Gasteiger partial charge in [0.2, 0.25) is 0 Å². The van der Waals surface area contributed by atoms with Crippen molar-refractivity contribution in [3.8, 4) is 0 Å². The van der Waals surface area contributed by atoms with Gasteiger partial charge >= 0.3 is 0 Å². The van der Waals surface area contributed by atoms with Crippen LogP contribution in [0.2, 0.25) is 0 Å². The number of carbonyl (C=O) groups is 1. The minimum Gasteiger partial charge on any atom is -0.288 e. The summed E-state index contributed by atoms with van der Waals surface area (Å²) in [5, 5.41) is 0. The lowest BCUT2D eigenvalue weighted by Crippen LogP contribution is -2.08. The molecule has 0 aliphatic rings. The van der Waals surface area contributed by atoms with Crippen molar-refractivity contribution in [1.29, 1.82) is 0 Å². The van der Waals surface area contributed by atoms with Gasteiger partial charge in [0, 0.05) is 4.47 Å². The third-order valence-electron chi connectivity index (χ3n) is 2.44. The summed E-state index contributed by atoms with van der Waals surface area (Å²) in [6.45, 7) is 0. The van der Waals surface area contributed by atoms with Gasteiger partial charge in [-0.15, -0.1) is 0 Å². The average Bonchev–Trinajstić information content (AvgIpc) is 2.33. The second-order valence-electron chi connectivity index (χ2n) is 3.67. The summed E-state index contributed by atoms with van der Waals surface area (Å²) in [5.74, 6) is -3.44. The monoisotopic (exact) mass is 392 g/mol. The SMILES string of the molecule is O=C(c1cc(F)c(Br)cc1F)c1c(F)cccc1Br. The first-order chi connectivity index (χ1) is 8.91. The molecule has 0 heterocycles. The number of halogens is 5. The number of benzene rings is 2. The van der Waals surface area contributed by atoms with E-state index in [2.05, 4.69) is 31.9 Å². The van der Waals surface area contributed by atoms with Crippen molar-refractivity contribution in [1.82, 2.24) is 0 Å². The van der Waals surface area contributed by atoms with Gasteiger partial charge in [-0.25, -0.2) is 13.2 Å². The Kier molecular flexibility index (Phi) is 4.10. The Morgan fingerprint density at radius 3 is 2.21 bits per heavy atom. The molecule has 0 saturated heterocycles. The maximum absolute atomic E-state index is 13.7. The Hall–Kier alpha value is -1.14. The molecule has 0 N–H and O–H groups in total. The summed E-state index contributed by atoms with van der Waals surface area (Å²) in [7, 11) is 0. The first-order valence-corrected chi connectivity index (χ1v) is 6.63. The Morgan fingerprint density at radius 2 is 1.58 bits per heavy atom. The second-order valence-corrected chi connectivity index (χ2v) is 5.38. The molecule has 0 amide bonds. The predicted octanol–water partition coefficient (Wildman–Crippen LogP) is 4.86. The van der Waals surface area contributed by atoms with E-state index in [1.807, 2.05) is 0 Å². The number of hydrogen-bond acceptors (Lipinski definition) is 1. The van der Waals surface area contributed by atoms with Crippen LogP contribution in [0.1, 0.15) is 15.9 Å². The molecule has 0 unspecified atom stereocenters. The minimum absolute atomic E-state index is 0.103. The smallest absolute Gasteiger partial charge is 0.200 e. The number of ketones is 1. The highest BCUT2D eigenvalue weighted by Crippen LogP contribution is 2.26. The Balaban J connectivity index is 2.60. The van der Waals surface area contributed by atoms with E-state index in [1.165, 1.54) is 12.1 Å². The summed E-state index contributed by atoms with van der Waals surface area (Å²) in [6.07, 6.45) is 0. The molecule has 2 aromatic carbocycles. The Morgan fingerprint density at radius 1 is 0.895 bits per heavy atom.